The minimum Gasteiger partial charge on any atom is -0.494 e. The average molecular weight is 376 g/mol. The Bertz CT molecular complexity index is 580. The third-order valence-electron chi connectivity index (χ3n) is 2.47. The van der Waals surface area contributed by atoms with E-state index in [1.54, 1.807) is 6.07 Å². The second-order valence-corrected chi connectivity index (χ2v) is 6.51. The molecule has 2 aromatic rings. The molecule has 1 aromatic carbocycles. The van der Waals surface area contributed by atoms with Gasteiger partial charge in [-0.1, -0.05) is 6.07 Å². The third-order valence-corrected chi connectivity index (χ3v) is 4.26. The van der Waals surface area contributed by atoms with Crippen LogP contribution in [0.2, 0.25) is 0 Å². The van der Waals surface area contributed by atoms with Crippen LogP contribution in [0.4, 0.5) is 4.39 Å². The van der Waals surface area contributed by atoms with Crippen LogP contribution >= 0.6 is 33.9 Å². The summed E-state index contributed by atoms with van der Waals surface area (Å²) in [6.45, 7) is 0. The van der Waals surface area contributed by atoms with Crippen LogP contribution in [0.25, 0.3) is 0 Å². The molecule has 0 N–H and O–H groups in total. The third kappa shape index (κ3) is 3.08. The van der Waals surface area contributed by atoms with Crippen LogP contribution in [0.3, 0.4) is 0 Å². The van der Waals surface area contributed by atoms with E-state index in [0.29, 0.717) is 11.1 Å². The normalized spacial score (nSPS) is 10.4. The summed E-state index contributed by atoms with van der Waals surface area (Å²) in [5.74, 6) is -0.252. The van der Waals surface area contributed by atoms with E-state index < -0.39 is 5.82 Å². The maximum atomic E-state index is 13.5. The molecular formula is C13H10FIO2S. The number of hydrogen-bond donors (Lipinski definition) is 0. The van der Waals surface area contributed by atoms with Gasteiger partial charge in [0.25, 0.3) is 0 Å². The van der Waals surface area contributed by atoms with E-state index >= 15 is 0 Å². The number of hydrogen-bond acceptors (Lipinski definition) is 3. The molecule has 0 bridgehead atoms. The van der Waals surface area contributed by atoms with Crippen molar-refractivity contribution in [2.24, 2.45) is 0 Å². The molecule has 2 nitrogen and oxygen atoms in total. The largest absolute Gasteiger partial charge is 0.494 e. The molecule has 0 aliphatic carbocycles. The SMILES string of the molecule is COc1ccc(CC(=O)c2csc(I)c2)cc1F. The van der Waals surface area contributed by atoms with Crippen molar-refractivity contribution in [1.82, 2.24) is 0 Å². The molecule has 18 heavy (non-hydrogen) atoms. The molecule has 1 aromatic heterocycles. The first-order chi connectivity index (χ1) is 8.60. The Kier molecular flexibility index (Phi) is 4.34. The zero-order chi connectivity index (χ0) is 13.1. The zero-order valence-corrected chi connectivity index (χ0v) is 12.5. The van der Waals surface area contributed by atoms with Crippen molar-refractivity contribution < 1.29 is 13.9 Å². The van der Waals surface area contributed by atoms with Crippen LogP contribution in [0, 0.1) is 8.70 Å². The maximum Gasteiger partial charge on any atom is 0.168 e. The van der Waals surface area contributed by atoms with E-state index in [1.165, 1.54) is 30.6 Å². The molecule has 0 unspecified atom stereocenters. The number of carbonyl (C=O) groups is 1. The first kappa shape index (κ1) is 13.5. The Labute approximate surface area is 122 Å². The van der Waals surface area contributed by atoms with Gasteiger partial charge in [-0.2, -0.15) is 0 Å². The molecule has 0 aliphatic heterocycles. The van der Waals surface area contributed by atoms with Crippen molar-refractivity contribution in [3.8, 4) is 5.75 Å². The topological polar surface area (TPSA) is 26.3 Å². The standard InChI is InChI=1S/C13H10FIO2S/c1-17-12-3-2-8(4-10(12)14)5-11(16)9-6-13(15)18-7-9/h2-4,6-7H,5H2,1H3. The quantitative estimate of drug-likeness (QED) is 0.597. The van der Waals surface area contributed by atoms with Gasteiger partial charge in [-0.3, -0.25) is 4.79 Å². The summed E-state index contributed by atoms with van der Waals surface area (Å²) in [6.07, 6.45) is 0.202. The number of Topliss-reactive ketones (excluding diaryl/α,β-unsaturated/α-hetero) is 1. The second kappa shape index (κ2) is 5.79. The van der Waals surface area contributed by atoms with E-state index in [1.807, 2.05) is 11.4 Å². The molecule has 0 radical (unpaired) electrons. The number of ketones is 1. The first-order valence-electron chi connectivity index (χ1n) is 5.20. The smallest absolute Gasteiger partial charge is 0.168 e. The number of halogens is 2. The van der Waals surface area contributed by atoms with Crippen LogP contribution in [0.15, 0.2) is 29.6 Å². The lowest BCUT2D eigenvalue weighted by Gasteiger charge is -2.04. The van der Waals surface area contributed by atoms with Crippen LogP contribution in [-0.4, -0.2) is 12.9 Å². The van der Waals surface area contributed by atoms with Crippen LogP contribution in [0.5, 0.6) is 5.75 Å². The van der Waals surface area contributed by atoms with Crippen LogP contribution in [-0.2, 0) is 6.42 Å². The summed E-state index contributed by atoms with van der Waals surface area (Å²) in [6, 6.07) is 6.42. The van der Waals surface area contributed by atoms with Crippen LogP contribution in [0.1, 0.15) is 15.9 Å². The Hall–Kier alpha value is -0.950. The van der Waals surface area contributed by atoms with E-state index in [-0.39, 0.29) is 18.0 Å². The molecule has 0 aliphatic rings. The second-order valence-electron chi connectivity index (χ2n) is 3.71. The van der Waals surface area contributed by atoms with E-state index in [0.717, 1.165) is 2.88 Å². The van der Waals surface area contributed by atoms with Crippen molar-refractivity contribution >= 4 is 39.7 Å². The summed E-state index contributed by atoms with van der Waals surface area (Å²) in [4.78, 5) is 11.9. The molecule has 0 spiro atoms. The van der Waals surface area contributed by atoms with Gasteiger partial charge in [-0.15, -0.1) is 11.3 Å². The highest BCUT2D eigenvalue weighted by Gasteiger charge is 2.11. The maximum absolute atomic E-state index is 13.5. The van der Waals surface area contributed by atoms with Crippen molar-refractivity contribution in [3.05, 3.63) is 49.5 Å². The van der Waals surface area contributed by atoms with Crippen molar-refractivity contribution in [1.29, 1.82) is 0 Å². The van der Waals surface area contributed by atoms with Crippen molar-refractivity contribution in [3.63, 3.8) is 0 Å². The van der Waals surface area contributed by atoms with Gasteiger partial charge < -0.3 is 4.74 Å². The van der Waals surface area contributed by atoms with E-state index in [4.69, 9.17) is 4.74 Å². The molecule has 5 heteroatoms. The van der Waals surface area contributed by atoms with Gasteiger partial charge in [-0.05, 0) is 46.4 Å². The molecule has 0 saturated heterocycles. The fourth-order valence-corrected chi connectivity index (χ4v) is 2.91. The number of carbonyl (C=O) groups excluding carboxylic acids is 1. The minimum absolute atomic E-state index is 0.00117. The fourth-order valence-electron chi connectivity index (χ4n) is 1.56. The van der Waals surface area contributed by atoms with Gasteiger partial charge >= 0.3 is 0 Å². The predicted octanol–water partition coefficient (Wildman–Crippen LogP) is 3.93. The van der Waals surface area contributed by atoms with E-state index in [9.17, 15) is 9.18 Å². The van der Waals surface area contributed by atoms with Crippen molar-refractivity contribution in [2.75, 3.05) is 7.11 Å². The predicted molar refractivity (Wildman–Crippen MR) is 78.0 cm³/mol. The van der Waals surface area contributed by atoms with E-state index in [2.05, 4.69) is 22.6 Å². The summed E-state index contributed by atoms with van der Waals surface area (Å²) in [5, 5.41) is 1.82. The molecule has 0 fully saturated rings. The Morgan fingerprint density at radius 3 is 2.78 bits per heavy atom. The molecule has 1 heterocycles. The van der Waals surface area contributed by atoms with Gasteiger partial charge in [0.2, 0.25) is 0 Å². The van der Waals surface area contributed by atoms with Crippen LogP contribution < -0.4 is 4.74 Å². The summed E-state index contributed by atoms with van der Waals surface area (Å²) in [5.41, 5.74) is 1.33. The van der Waals surface area contributed by atoms with Gasteiger partial charge in [0.15, 0.2) is 17.3 Å². The zero-order valence-electron chi connectivity index (χ0n) is 9.57. The highest BCUT2D eigenvalue weighted by Crippen LogP contribution is 2.21. The lowest BCUT2D eigenvalue weighted by molar-refractivity contribution is 0.0993. The Morgan fingerprint density at radius 1 is 1.44 bits per heavy atom. The number of thiophene rings is 1. The molecule has 0 saturated carbocycles. The fraction of sp³-hybridized carbons (Fsp3) is 0.154. The van der Waals surface area contributed by atoms with Gasteiger partial charge in [0, 0.05) is 17.4 Å². The number of methoxy groups -OCH3 is 1. The minimum atomic E-state index is -0.442. The summed E-state index contributed by atoms with van der Waals surface area (Å²) >= 11 is 3.69. The number of benzene rings is 1. The number of rotatable bonds is 4. The molecule has 0 atom stereocenters. The van der Waals surface area contributed by atoms with Gasteiger partial charge in [0.1, 0.15) is 0 Å². The summed E-state index contributed by atoms with van der Waals surface area (Å²) < 4.78 is 19.4. The lowest BCUT2D eigenvalue weighted by Crippen LogP contribution is -2.02. The van der Waals surface area contributed by atoms with Crippen molar-refractivity contribution in [2.45, 2.75) is 6.42 Å². The van der Waals surface area contributed by atoms with Gasteiger partial charge in [-0.25, -0.2) is 4.39 Å². The average Bonchev–Trinajstić information content (AvgIpc) is 2.76. The Balaban J connectivity index is 2.14. The first-order valence-corrected chi connectivity index (χ1v) is 7.15. The molecule has 2 rings (SSSR count). The summed E-state index contributed by atoms with van der Waals surface area (Å²) in [7, 11) is 1.41. The number of ether oxygens (including phenoxy) is 1. The monoisotopic (exact) mass is 376 g/mol. The molecule has 94 valence electrons. The lowest BCUT2D eigenvalue weighted by atomic mass is 10.1. The molecular weight excluding hydrogens is 366 g/mol. The molecule has 0 amide bonds. The van der Waals surface area contributed by atoms with Gasteiger partial charge in [0.05, 0.1) is 9.99 Å². The highest BCUT2D eigenvalue weighted by molar-refractivity contribution is 14.1. The highest BCUT2D eigenvalue weighted by atomic mass is 127. The Morgan fingerprint density at radius 2 is 2.22 bits per heavy atom.